The van der Waals surface area contributed by atoms with Gasteiger partial charge in [-0.05, 0) is 76.7 Å². The highest BCUT2D eigenvalue weighted by molar-refractivity contribution is 7.47. The molecular weight excluding hydrogens is 1110 g/mol. The van der Waals surface area contributed by atoms with Gasteiger partial charge in [0.15, 0.2) is 0 Å². The first kappa shape index (κ1) is 85.5. The summed E-state index contributed by atoms with van der Waals surface area (Å²) in [6, 6.07) is -0.855. The minimum atomic E-state index is -4.46. The van der Waals surface area contributed by atoms with Crippen LogP contribution in [0, 0.1) is 0 Å². The molecule has 0 aliphatic rings. The zero-order valence-corrected chi connectivity index (χ0v) is 59.9. The number of carbonyl (C=O) groups is 2. The van der Waals surface area contributed by atoms with Gasteiger partial charge in [-0.25, -0.2) is 4.57 Å². The first-order valence-corrected chi connectivity index (χ1v) is 39.3. The van der Waals surface area contributed by atoms with Crippen molar-refractivity contribution < 1.29 is 37.3 Å². The minimum absolute atomic E-state index is 0.0379. The Labute approximate surface area is 546 Å². The Morgan fingerprint density at radius 2 is 0.727 bits per heavy atom. The fourth-order valence-corrected chi connectivity index (χ4v) is 11.9. The topological polar surface area (TPSA) is 111 Å². The number of unbranched alkanes of at least 4 members (excludes halogenated alkanes) is 43. The van der Waals surface area contributed by atoms with E-state index in [2.05, 4.69) is 86.8 Å². The molecule has 0 aromatic heterocycles. The van der Waals surface area contributed by atoms with E-state index in [9.17, 15) is 19.0 Å². The van der Waals surface area contributed by atoms with Crippen LogP contribution in [0.5, 0.6) is 0 Å². The van der Waals surface area contributed by atoms with Crippen molar-refractivity contribution in [3.8, 4) is 0 Å². The van der Waals surface area contributed by atoms with Gasteiger partial charge in [0.25, 0.3) is 0 Å². The van der Waals surface area contributed by atoms with Crippen molar-refractivity contribution in [2.45, 2.75) is 373 Å². The molecule has 0 aromatic carbocycles. The summed E-state index contributed by atoms with van der Waals surface area (Å²) in [5.41, 5.74) is 0. The van der Waals surface area contributed by atoms with Gasteiger partial charge in [-0.2, -0.15) is 0 Å². The molecule has 2 N–H and O–H groups in total. The number of likely N-dealkylation sites (N-methyl/N-ethyl adjacent to an activating group) is 1. The molecule has 0 bridgehead atoms. The van der Waals surface area contributed by atoms with Crippen LogP contribution >= 0.6 is 7.82 Å². The lowest BCUT2D eigenvalue weighted by atomic mass is 10.0. The first-order valence-electron chi connectivity index (χ1n) is 37.8. The largest absolute Gasteiger partial charge is 0.472 e. The predicted octanol–water partition coefficient (Wildman–Crippen LogP) is 24.3. The lowest BCUT2D eigenvalue weighted by Gasteiger charge is -2.27. The third-order valence-corrected chi connectivity index (χ3v) is 17.9. The van der Waals surface area contributed by atoms with Crippen LogP contribution in [0.3, 0.4) is 0 Å². The Balaban J connectivity index is 4.98. The average molecular weight is 1260 g/mol. The number of nitrogens with one attached hydrogen (secondary N) is 1. The van der Waals surface area contributed by atoms with Crippen LogP contribution < -0.4 is 5.32 Å². The van der Waals surface area contributed by atoms with E-state index in [0.29, 0.717) is 17.4 Å². The number of esters is 1. The molecular formula is C78H146N2O7P+. The van der Waals surface area contributed by atoms with Gasteiger partial charge < -0.3 is 19.4 Å². The zero-order chi connectivity index (χ0) is 64.2. The van der Waals surface area contributed by atoms with E-state index in [1.165, 1.54) is 225 Å². The second-order valence-electron chi connectivity index (χ2n) is 26.8. The lowest BCUT2D eigenvalue weighted by molar-refractivity contribution is -0.870. The van der Waals surface area contributed by atoms with E-state index in [0.717, 1.165) is 103 Å². The fraction of sp³-hybridized carbons (Fsp3) is 0.821. The van der Waals surface area contributed by atoms with Crippen LogP contribution in [0.4, 0.5) is 0 Å². The van der Waals surface area contributed by atoms with Crippen LogP contribution in [0.1, 0.15) is 361 Å². The number of allylic oxidation sites excluding steroid dienone is 11. The standard InChI is InChI=1S/C78H145N2O7P/c1-7-10-13-16-19-22-25-28-30-32-34-36-38-39-40-41-43-44-46-48-50-52-55-58-61-64-67-70-77(81)79-75(74-86-88(83,84)85-73-72-80(4,5)6)76(69-66-63-60-57-54-27-24-21-18-15-12-9-3)87-78(82)71-68-65-62-59-56-53-51-49-47-45-42-37-35-33-31-29-26-23-20-17-14-11-8-2/h11,14,20,23,29,31,35,37,45,47,66,69,75-76H,7-10,12-13,15-19,21-22,24-28,30,32-34,36,38-44,46,48-65,67-68,70-74H2,1-6H3,(H-,79,81,83,84)/p+1/b14-11-,23-20-,31-29-,37-35-,47-45-,69-66+. The molecule has 3 atom stereocenters. The maximum absolute atomic E-state index is 13.6. The molecule has 0 aliphatic carbocycles. The third kappa shape index (κ3) is 67.8. The van der Waals surface area contributed by atoms with Crippen molar-refractivity contribution in [3.63, 3.8) is 0 Å². The van der Waals surface area contributed by atoms with Crippen LogP contribution in [0.2, 0.25) is 0 Å². The predicted molar refractivity (Wildman–Crippen MR) is 383 cm³/mol. The molecule has 0 radical (unpaired) electrons. The van der Waals surface area contributed by atoms with Gasteiger partial charge >= 0.3 is 13.8 Å². The Morgan fingerprint density at radius 1 is 0.409 bits per heavy atom. The molecule has 0 aliphatic heterocycles. The van der Waals surface area contributed by atoms with Gasteiger partial charge in [0.2, 0.25) is 5.91 Å². The number of rotatable bonds is 69. The summed E-state index contributed by atoms with van der Waals surface area (Å²) in [6.07, 6.45) is 89.3. The Hall–Kier alpha value is -2.55. The molecule has 514 valence electrons. The summed E-state index contributed by atoms with van der Waals surface area (Å²) in [5.74, 6) is -0.504. The highest BCUT2D eigenvalue weighted by atomic mass is 31.2. The van der Waals surface area contributed by atoms with Crippen molar-refractivity contribution in [1.29, 1.82) is 0 Å². The van der Waals surface area contributed by atoms with Crippen LogP contribution in [-0.4, -0.2) is 74.3 Å². The minimum Gasteiger partial charge on any atom is -0.456 e. The van der Waals surface area contributed by atoms with Crippen LogP contribution in [-0.2, 0) is 27.9 Å². The van der Waals surface area contributed by atoms with Gasteiger partial charge in [0.1, 0.15) is 19.3 Å². The lowest BCUT2D eigenvalue weighted by Crippen LogP contribution is -2.47. The van der Waals surface area contributed by atoms with E-state index >= 15 is 0 Å². The maximum atomic E-state index is 13.6. The molecule has 0 spiro atoms. The van der Waals surface area contributed by atoms with E-state index in [-0.39, 0.29) is 31.5 Å². The van der Waals surface area contributed by atoms with Gasteiger partial charge in [0, 0.05) is 12.8 Å². The SMILES string of the molecule is CC/C=C\C/C=C\C/C=C\C/C=C\C/C=C\CCCCCCCCCC(=O)OC(/C=C/CCCCCCCCCCCC)C(COP(=O)(O)OCC[N+](C)(C)C)NC(=O)CCCCCCCCCCCCCCCCCCCCCCCCCCCCC. The van der Waals surface area contributed by atoms with E-state index in [1.54, 1.807) is 0 Å². The Kier molecular flexibility index (Phi) is 65.4. The molecule has 88 heavy (non-hydrogen) atoms. The molecule has 0 saturated carbocycles. The molecule has 0 saturated heterocycles. The highest BCUT2D eigenvalue weighted by Crippen LogP contribution is 2.43. The fourth-order valence-electron chi connectivity index (χ4n) is 11.1. The Bertz CT molecular complexity index is 1730. The number of amides is 1. The number of hydrogen-bond donors (Lipinski definition) is 2. The molecule has 9 nitrogen and oxygen atoms in total. The van der Waals surface area contributed by atoms with E-state index in [1.807, 2.05) is 33.3 Å². The molecule has 1 amide bonds. The number of phosphoric acid groups is 1. The quantitative estimate of drug-likeness (QED) is 0.0205. The number of carbonyl (C=O) groups excluding carboxylic acids is 2. The smallest absolute Gasteiger partial charge is 0.456 e. The zero-order valence-electron chi connectivity index (χ0n) is 59.0. The van der Waals surface area contributed by atoms with Crippen molar-refractivity contribution in [3.05, 3.63) is 72.9 Å². The van der Waals surface area contributed by atoms with Gasteiger partial charge in [0.05, 0.1) is 33.8 Å². The van der Waals surface area contributed by atoms with Crippen molar-refractivity contribution in [1.82, 2.24) is 5.32 Å². The van der Waals surface area contributed by atoms with Gasteiger partial charge in [-0.1, -0.05) is 344 Å². The van der Waals surface area contributed by atoms with Crippen LogP contribution in [0.15, 0.2) is 72.9 Å². The molecule has 10 heteroatoms. The van der Waals surface area contributed by atoms with Crippen molar-refractivity contribution in [2.75, 3.05) is 40.9 Å². The first-order chi connectivity index (χ1) is 42.9. The molecule has 3 unspecified atom stereocenters. The molecule has 0 fully saturated rings. The summed E-state index contributed by atoms with van der Waals surface area (Å²) < 4.78 is 30.9. The summed E-state index contributed by atoms with van der Waals surface area (Å²) in [7, 11) is 1.50. The summed E-state index contributed by atoms with van der Waals surface area (Å²) in [4.78, 5) is 38.0. The number of quaternary nitrogens is 1. The average Bonchev–Trinajstić information content (AvgIpc) is 3.71. The Morgan fingerprint density at radius 3 is 1.09 bits per heavy atom. The third-order valence-electron chi connectivity index (χ3n) is 16.9. The molecule has 0 rings (SSSR count). The highest BCUT2D eigenvalue weighted by Gasteiger charge is 2.30. The van der Waals surface area contributed by atoms with Gasteiger partial charge in [-0.3, -0.25) is 18.6 Å². The second kappa shape index (κ2) is 67.3. The van der Waals surface area contributed by atoms with Gasteiger partial charge in [-0.15, -0.1) is 0 Å². The van der Waals surface area contributed by atoms with E-state index < -0.39 is 20.0 Å². The maximum Gasteiger partial charge on any atom is 0.472 e. The number of nitrogens with zero attached hydrogens (tertiary/aromatic N) is 1. The molecule has 0 aromatic rings. The van der Waals surface area contributed by atoms with Crippen molar-refractivity contribution >= 4 is 19.7 Å². The number of hydrogen-bond acceptors (Lipinski definition) is 6. The summed E-state index contributed by atoms with van der Waals surface area (Å²) in [5, 5.41) is 3.08. The number of ether oxygens (including phenoxy) is 1. The van der Waals surface area contributed by atoms with E-state index in [4.69, 9.17) is 13.8 Å². The van der Waals surface area contributed by atoms with Crippen LogP contribution in [0.25, 0.3) is 0 Å². The summed E-state index contributed by atoms with van der Waals surface area (Å²) in [6.45, 7) is 6.94. The second-order valence-corrected chi connectivity index (χ2v) is 28.3. The summed E-state index contributed by atoms with van der Waals surface area (Å²) >= 11 is 0. The normalized spacial score (nSPS) is 13.9. The van der Waals surface area contributed by atoms with Crippen molar-refractivity contribution in [2.24, 2.45) is 0 Å². The monoisotopic (exact) mass is 1250 g/mol. The molecule has 0 heterocycles. The number of phosphoric ester groups is 1.